The van der Waals surface area contributed by atoms with Crippen LogP contribution in [0.1, 0.15) is 41.5 Å². The first-order valence-electron chi connectivity index (χ1n) is 9.41. The summed E-state index contributed by atoms with van der Waals surface area (Å²) in [6.07, 6.45) is 4.19. The average Bonchev–Trinajstić information content (AvgIpc) is 3.14. The van der Waals surface area contributed by atoms with Crippen molar-refractivity contribution in [2.45, 2.75) is 38.6 Å². The number of aliphatic hydroxyl groups excluding tert-OH is 1. The van der Waals surface area contributed by atoms with E-state index in [0.717, 1.165) is 19.3 Å². The van der Waals surface area contributed by atoms with E-state index < -0.39 is 12.5 Å². The van der Waals surface area contributed by atoms with Crippen LogP contribution in [0.3, 0.4) is 0 Å². The van der Waals surface area contributed by atoms with Crippen molar-refractivity contribution in [1.82, 2.24) is 9.97 Å². The number of nitrogens with zero attached hydrogens (tertiary/aromatic N) is 2. The fourth-order valence-electron chi connectivity index (χ4n) is 3.89. The molecule has 1 saturated carbocycles. The molecule has 9 heteroatoms. The molecule has 6 nitrogen and oxygen atoms in total. The molecular weight excluding hydrogens is 402 g/mol. The van der Waals surface area contributed by atoms with Gasteiger partial charge in [0.25, 0.3) is 0 Å². The Kier molecular flexibility index (Phi) is 5.56. The van der Waals surface area contributed by atoms with Crippen LogP contribution in [0.5, 0.6) is 0 Å². The zero-order chi connectivity index (χ0) is 20.5. The Morgan fingerprint density at radius 3 is 2.86 bits per heavy atom. The first-order chi connectivity index (χ1) is 14.0. The number of rotatable bonds is 5. The lowest BCUT2D eigenvalue weighted by molar-refractivity contribution is 0.229. The molecule has 2 heterocycles. The number of alkyl halides is 1. The van der Waals surface area contributed by atoms with Crippen LogP contribution in [0.15, 0.2) is 12.1 Å². The minimum Gasteiger partial charge on any atom is -0.488 e. The van der Waals surface area contributed by atoms with Gasteiger partial charge in [-0.25, -0.2) is 13.8 Å². The molecule has 4 N–H and O–H groups in total. The highest BCUT2D eigenvalue weighted by atomic mass is 35.5. The molecule has 154 valence electrons. The zero-order valence-electron chi connectivity index (χ0n) is 15.6. The van der Waals surface area contributed by atoms with Crippen LogP contribution in [0.25, 0.3) is 11.8 Å². The van der Waals surface area contributed by atoms with Crippen molar-refractivity contribution in [2.75, 3.05) is 17.7 Å². The Hall–Kier alpha value is -2.45. The van der Waals surface area contributed by atoms with E-state index in [2.05, 4.69) is 15.3 Å². The third-order valence-electron chi connectivity index (χ3n) is 5.37. The number of benzene rings is 1. The third kappa shape index (κ3) is 4.00. The lowest BCUT2D eigenvalue weighted by atomic mass is 10.00. The average molecular weight is 423 g/mol. The van der Waals surface area contributed by atoms with E-state index in [-0.39, 0.29) is 41.8 Å². The summed E-state index contributed by atoms with van der Waals surface area (Å²) in [5.41, 5.74) is 7.33. The molecule has 1 aromatic carbocycles. The summed E-state index contributed by atoms with van der Waals surface area (Å²) in [6.45, 7) is -0.637. The van der Waals surface area contributed by atoms with E-state index in [1.54, 1.807) is 12.1 Å². The normalized spacial score (nSPS) is 20.8. The summed E-state index contributed by atoms with van der Waals surface area (Å²) in [4.78, 5) is 8.30. The SMILES string of the molecule is Nc1nc(Cl)c(C2=Cc3cc(CF)cc(F)c3CO2)c(NC2CCC(CO)C2)n1. The number of nitrogens with one attached hydrogen (secondary N) is 1. The van der Waals surface area contributed by atoms with Crippen LogP contribution in [0.2, 0.25) is 5.15 Å². The monoisotopic (exact) mass is 422 g/mol. The molecule has 1 aliphatic heterocycles. The fourth-order valence-corrected chi connectivity index (χ4v) is 4.16. The van der Waals surface area contributed by atoms with Crippen LogP contribution in [-0.4, -0.2) is 27.7 Å². The molecule has 0 amide bonds. The van der Waals surface area contributed by atoms with Gasteiger partial charge >= 0.3 is 0 Å². The molecule has 2 unspecified atom stereocenters. The second-order valence-corrected chi connectivity index (χ2v) is 7.73. The van der Waals surface area contributed by atoms with Crippen LogP contribution in [0, 0.1) is 11.7 Å². The molecular formula is C20H21ClF2N4O2. The molecule has 1 aliphatic carbocycles. The number of nitrogen functional groups attached to an aromatic ring is 1. The fraction of sp³-hybridized carbons (Fsp3) is 0.400. The quantitative estimate of drug-likeness (QED) is 0.632. The maximum absolute atomic E-state index is 14.2. The lowest BCUT2D eigenvalue weighted by Crippen LogP contribution is -2.20. The predicted molar refractivity (Wildman–Crippen MR) is 107 cm³/mol. The largest absolute Gasteiger partial charge is 0.488 e. The van der Waals surface area contributed by atoms with Gasteiger partial charge in [0.2, 0.25) is 5.95 Å². The van der Waals surface area contributed by atoms with E-state index in [0.29, 0.717) is 28.3 Å². The first kappa shape index (κ1) is 19.8. The van der Waals surface area contributed by atoms with Crippen molar-refractivity contribution in [3.8, 4) is 0 Å². The minimum absolute atomic E-state index is 0.0144. The number of nitrogens with two attached hydrogens (primary N) is 1. The highest BCUT2D eigenvalue weighted by Crippen LogP contribution is 2.38. The van der Waals surface area contributed by atoms with Gasteiger partial charge in [-0.2, -0.15) is 4.98 Å². The van der Waals surface area contributed by atoms with E-state index in [1.807, 2.05) is 0 Å². The van der Waals surface area contributed by atoms with Gasteiger partial charge in [-0.1, -0.05) is 11.6 Å². The van der Waals surface area contributed by atoms with Crippen LogP contribution in [-0.2, 0) is 18.0 Å². The Labute approximate surface area is 171 Å². The lowest BCUT2D eigenvalue weighted by Gasteiger charge is -2.23. The van der Waals surface area contributed by atoms with Crippen LogP contribution >= 0.6 is 11.6 Å². The van der Waals surface area contributed by atoms with Gasteiger partial charge in [-0.05, 0) is 54.5 Å². The molecule has 2 atom stereocenters. The Morgan fingerprint density at radius 1 is 1.31 bits per heavy atom. The number of halogens is 3. The minimum atomic E-state index is -0.763. The molecule has 0 radical (unpaired) electrons. The number of hydrogen-bond donors (Lipinski definition) is 3. The van der Waals surface area contributed by atoms with Crippen molar-refractivity contribution < 1.29 is 18.6 Å². The molecule has 0 bridgehead atoms. The summed E-state index contributed by atoms with van der Waals surface area (Å²) >= 11 is 6.36. The first-order valence-corrected chi connectivity index (χ1v) is 9.78. The maximum atomic E-state index is 14.2. The van der Waals surface area contributed by atoms with Gasteiger partial charge in [0.05, 0.1) is 5.56 Å². The maximum Gasteiger partial charge on any atom is 0.223 e. The zero-order valence-corrected chi connectivity index (χ0v) is 16.3. The van der Waals surface area contributed by atoms with E-state index >= 15 is 0 Å². The van der Waals surface area contributed by atoms with E-state index in [9.17, 15) is 13.9 Å². The Bertz CT molecular complexity index is 970. The van der Waals surface area contributed by atoms with Gasteiger partial charge in [-0.15, -0.1) is 0 Å². The van der Waals surface area contributed by atoms with E-state index in [4.69, 9.17) is 22.1 Å². The summed E-state index contributed by atoms with van der Waals surface area (Å²) in [5.74, 6) is 0.523. The molecule has 2 aromatic rings. The summed E-state index contributed by atoms with van der Waals surface area (Å²) in [7, 11) is 0. The van der Waals surface area contributed by atoms with Crippen molar-refractivity contribution in [1.29, 1.82) is 0 Å². The van der Waals surface area contributed by atoms with Crippen molar-refractivity contribution in [2.24, 2.45) is 5.92 Å². The number of hydrogen-bond acceptors (Lipinski definition) is 6. The van der Waals surface area contributed by atoms with Crippen LogP contribution < -0.4 is 11.1 Å². The molecule has 1 fully saturated rings. The Morgan fingerprint density at radius 2 is 2.14 bits per heavy atom. The molecule has 0 saturated heterocycles. The van der Waals surface area contributed by atoms with Gasteiger partial charge in [0.1, 0.15) is 35.8 Å². The van der Waals surface area contributed by atoms with Crippen molar-refractivity contribution in [3.63, 3.8) is 0 Å². The predicted octanol–water partition coefficient (Wildman–Crippen LogP) is 3.92. The van der Waals surface area contributed by atoms with Gasteiger partial charge in [0.15, 0.2) is 0 Å². The molecule has 29 heavy (non-hydrogen) atoms. The van der Waals surface area contributed by atoms with E-state index in [1.165, 1.54) is 6.07 Å². The molecule has 1 aromatic heterocycles. The third-order valence-corrected chi connectivity index (χ3v) is 5.65. The Balaban J connectivity index is 1.72. The molecule has 0 spiro atoms. The topological polar surface area (TPSA) is 93.3 Å². The van der Waals surface area contributed by atoms with Gasteiger partial charge in [-0.3, -0.25) is 0 Å². The highest BCUT2D eigenvalue weighted by Gasteiger charge is 2.28. The second kappa shape index (κ2) is 8.12. The molecule has 2 aliphatic rings. The summed E-state index contributed by atoms with van der Waals surface area (Å²) in [6, 6.07) is 2.86. The summed E-state index contributed by atoms with van der Waals surface area (Å²) < 4.78 is 33.0. The smallest absolute Gasteiger partial charge is 0.223 e. The van der Waals surface area contributed by atoms with Gasteiger partial charge < -0.3 is 20.9 Å². The second-order valence-electron chi connectivity index (χ2n) is 7.38. The highest BCUT2D eigenvalue weighted by molar-refractivity contribution is 6.31. The standard InChI is InChI=1S/C20H21ClF2N4O2/c21-18-17(16-6-12-3-11(7-22)5-15(23)14(12)9-29-16)19(27-20(24)26-18)25-13-2-1-10(4-13)8-28/h3,5-6,10,13,28H,1-2,4,7-9H2,(H3,24,25,26,27). The number of anilines is 2. The summed E-state index contributed by atoms with van der Waals surface area (Å²) in [5, 5.41) is 12.8. The number of aromatic nitrogens is 2. The molecule has 4 rings (SSSR count). The van der Waals surface area contributed by atoms with Crippen molar-refractivity contribution in [3.05, 3.63) is 45.4 Å². The van der Waals surface area contributed by atoms with Crippen LogP contribution in [0.4, 0.5) is 20.5 Å². The number of aliphatic hydroxyl groups is 1. The van der Waals surface area contributed by atoms with Gasteiger partial charge in [0, 0.05) is 18.2 Å². The number of fused-ring (bicyclic) bond motifs is 1. The number of ether oxygens (including phenoxy) is 1. The van der Waals surface area contributed by atoms with Crippen molar-refractivity contribution >= 4 is 35.2 Å².